The van der Waals surface area contributed by atoms with Crippen molar-refractivity contribution in [2.24, 2.45) is 4.99 Å². The molecule has 0 bridgehead atoms. The number of nitrogens with zero attached hydrogens (tertiary/aromatic N) is 1. The Labute approximate surface area is 150 Å². The number of carbonyl (C=O) groups excluding carboxylic acids is 1. The van der Waals surface area contributed by atoms with Gasteiger partial charge in [0.1, 0.15) is 16.3 Å². The Balaban J connectivity index is 2.05. The van der Waals surface area contributed by atoms with Crippen molar-refractivity contribution in [2.45, 2.75) is 31.9 Å². The highest BCUT2D eigenvalue weighted by atomic mass is 32.2. The van der Waals surface area contributed by atoms with E-state index in [1.165, 1.54) is 24.4 Å². The zero-order valence-electron chi connectivity index (χ0n) is 14.5. The Morgan fingerprint density at radius 1 is 1.38 bits per heavy atom. The van der Waals surface area contributed by atoms with Crippen molar-refractivity contribution in [2.75, 3.05) is 6.54 Å². The highest BCUT2D eigenvalue weighted by Gasteiger charge is 2.53. The fourth-order valence-electron chi connectivity index (χ4n) is 2.90. The predicted molar refractivity (Wildman–Crippen MR) is 91.8 cm³/mol. The second kappa shape index (κ2) is 6.06. The molecule has 8 nitrogen and oxygen atoms in total. The van der Waals surface area contributed by atoms with Gasteiger partial charge >= 0.3 is 22.1 Å². The summed E-state index contributed by atoms with van der Waals surface area (Å²) in [5.41, 5.74) is -2.14. The molecule has 0 aromatic heterocycles. The molecule has 1 aromatic carbocycles. The van der Waals surface area contributed by atoms with E-state index in [9.17, 15) is 17.6 Å². The average molecular weight is 383 g/mol. The number of hydrogen-bond acceptors (Lipinski definition) is 6. The van der Waals surface area contributed by atoms with Crippen molar-refractivity contribution in [3.8, 4) is 0 Å². The molecule has 1 atom stereocenters. The smallest absolute Gasteiger partial charge is 0.417 e. The number of amides is 1. The molecule has 0 saturated carbocycles. The number of benzene rings is 1. The number of aliphatic imine (C=N–C) groups is 1. The van der Waals surface area contributed by atoms with Crippen LogP contribution in [0.1, 0.15) is 26.3 Å². The summed E-state index contributed by atoms with van der Waals surface area (Å²) < 4.78 is 45.7. The first kappa shape index (κ1) is 18.3. The number of nitrogens with two attached hydrogens (primary N) is 1. The van der Waals surface area contributed by atoms with Crippen LogP contribution < -0.4 is 15.4 Å². The summed E-state index contributed by atoms with van der Waals surface area (Å²) in [4.78, 5) is 16.3. The summed E-state index contributed by atoms with van der Waals surface area (Å²) in [5.74, 6) is -0.789. The molecule has 0 fully saturated rings. The first-order valence-corrected chi connectivity index (χ1v) is 9.47. The predicted octanol–water partition coefficient (Wildman–Crippen LogP) is 0.253. The van der Waals surface area contributed by atoms with E-state index in [0.717, 1.165) is 4.72 Å². The molecule has 0 spiro atoms. The van der Waals surface area contributed by atoms with Gasteiger partial charge in [-0.2, -0.15) is 18.1 Å². The molecule has 3 rings (SSSR count). The number of alkyl carbamates (subject to hydrolysis) is 1. The normalized spacial score (nSPS) is 24.0. The van der Waals surface area contributed by atoms with E-state index in [1.807, 2.05) is 0 Å². The molecule has 1 amide bonds. The molecule has 2 aliphatic heterocycles. The zero-order valence-corrected chi connectivity index (χ0v) is 15.4. The van der Waals surface area contributed by atoms with Crippen molar-refractivity contribution < 1.29 is 27.1 Å². The summed E-state index contributed by atoms with van der Waals surface area (Å²) in [6.07, 6.45) is 0.469. The summed E-state index contributed by atoms with van der Waals surface area (Å²) in [7, 11) is -3.92. The molecular formula is C16H20FN4O4S+. The molecule has 0 saturated heterocycles. The Morgan fingerprint density at radius 2 is 2.08 bits per heavy atom. The first-order valence-electron chi connectivity index (χ1n) is 7.92. The van der Waals surface area contributed by atoms with Crippen LogP contribution in [0.4, 0.5) is 9.18 Å². The number of nitrogens with one attached hydrogen (secondary N) is 2. The average Bonchev–Trinajstić information content (AvgIpc) is 2.90. The van der Waals surface area contributed by atoms with Gasteiger partial charge in [-0.05, 0) is 26.8 Å². The zero-order chi connectivity index (χ0) is 19.2. The molecule has 140 valence electrons. The minimum Gasteiger partial charge on any atom is -0.443 e. The van der Waals surface area contributed by atoms with Gasteiger partial charge in [0.05, 0.1) is 0 Å². The van der Waals surface area contributed by atoms with Gasteiger partial charge in [-0.25, -0.2) is 14.5 Å². The standard InChI is InChI=1S/C16H19FN4O4S/c1-15(2,3)25-14(22)19-13-20-16(10-6-4-5-7-11(10)17)9-18-8-12(16)26(23,24)21-13/h4-8,18H,9H2,1-3H3,(H2,19,20,21,22)/p+1. The molecule has 26 heavy (non-hydrogen) atoms. The van der Waals surface area contributed by atoms with Gasteiger partial charge in [0, 0.05) is 18.3 Å². The number of primary sulfonamides is 1. The Kier molecular flexibility index (Phi) is 4.27. The maximum Gasteiger partial charge on any atom is 0.417 e. The van der Waals surface area contributed by atoms with Crippen molar-refractivity contribution in [3.63, 3.8) is 0 Å². The monoisotopic (exact) mass is 383 g/mol. The van der Waals surface area contributed by atoms with Crippen LogP contribution in [0.15, 0.2) is 40.4 Å². The van der Waals surface area contributed by atoms with E-state index >= 15 is 0 Å². The third-order valence-electron chi connectivity index (χ3n) is 3.83. The summed E-state index contributed by atoms with van der Waals surface area (Å²) >= 11 is 0. The summed E-state index contributed by atoms with van der Waals surface area (Å²) in [5, 5.41) is 5.15. The van der Waals surface area contributed by atoms with Crippen LogP contribution in [-0.4, -0.2) is 32.6 Å². The highest BCUT2D eigenvalue weighted by molar-refractivity contribution is 7.89. The number of halogens is 1. The number of carbonyl (C=O) groups is 1. The van der Waals surface area contributed by atoms with Crippen LogP contribution >= 0.6 is 0 Å². The van der Waals surface area contributed by atoms with Crippen LogP contribution in [0.25, 0.3) is 0 Å². The molecule has 4 N–H and O–H groups in total. The van der Waals surface area contributed by atoms with E-state index in [2.05, 4.69) is 15.6 Å². The second-order valence-electron chi connectivity index (χ2n) is 7.02. The molecule has 0 aliphatic carbocycles. The molecule has 0 radical (unpaired) electrons. The Morgan fingerprint density at radius 3 is 2.73 bits per heavy atom. The third kappa shape index (κ3) is 3.29. The minimum absolute atomic E-state index is 0.0514. The maximum atomic E-state index is 14.4. The van der Waals surface area contributed by atoms with Gasteiger partial charge in [-0.15, -0.1) is 0 Å². The fraction of sp³-hybridized carbons (Fsp3) is 0.375. The van der Waals surface area contributed by atoms with Gasteiger partial charge in [-0.1, -0.05) is 18.2 Å². The van der Waals surface area contributed by atoms with Crippen molar-refractivity contribution in [1.29, 1.82) is 0 Å². The van der Waals surface area contributed by atoms with E-state index in [1.54, 1.807) is 26.8 Å². The molecule has 2 heterocycles. The molecule has 10 heteroatoms. The van der Waals surface area contributed by atoms with Crippen molar-refractivity contribution >= 4 is 22.1 Å². The third-order valence-corrected chi connectivity index (χ3v) is 5.43. The van der Waals surface area contributed by atoms with Crippen LogP contribution in [0.3, 0.4) is 0 Å². The lowest BCUT2D eigenvalue weighted by Crippen LogP contribution is -2.96. The number of ether oxygens (including phenoxy) is 1. The first-order chi connectivity index (χ1) is 12.0. The minimum atomic E-state index is -3.92. The van der Waals surface area contributed by atoms with E-state index in [-0.39, 0.29) is 23.0 Å². The summed E-state index contributed by atoms with van der Waals surface area (Å²) in [6.45, 7) is 5.09. The van der Waals surface area contributed by atoms with E-state index in [4.69, 9.17) is 4.74 Å². The topological polar surface area (TPSA) is 113 Å². The van der Waals surface area contributed by atoms with Crippen molar-refractivity contribution in [3.05, 3.63) is 46.8 Å². The SMILES string of the molecule is CC(C)(C)OC(=O)NC1=NC2(c3ccccc3F)CNC=C2S(=O)(=O)[NH2+]1. The lowest BCUT2D eigenvalue weighted by molar-refractivity contribution is -0.366. The number of rotatable bonds is 1. The molecule has 1 aromatic rings. The molecule has 2 aliphatic rings. The highest BCUT2D eigenvalue weighted by Crippen LogP contribution is 2.40. The maximum absolute atomic E-state index is 14.4. The number of sulfonamides is 1. The fourth-order valence-corrected chi connectivity index (χ4v) is 4.38. The van der Waals surface area contributed by atoms with Gasteiger partial charge in [0.15, 0.2) is 5.54 Å². The Hall–Kier alpha value is -2.46. The number of quaternary nitrogens is 1. The van der Waals surface area contributed by atoms with Crippen LogP contribution in [-0.2, 0) is 20.3 Å². The van der Waals surface area contributed by atoms with Crippen LogP contribution in [0.5, 0.6) is 0 Å². The quantitative estimate of drug-likeness (QED) is 0.644. The van der Waals surface area contributed by atoms with Gasteiger partial charge in [-0.3, -0.25) is 0 Å². The molecule has 1 unspecified atom stereocenters. The van der Waals surface area contributed by atoms with Gasteiger partial charge in [0.2, 0.25) is 0 Å². The number of hydrogen-bond donors (Lipinski definition) is 3. The van der Waals surface area contributed by atoms with Crippen molar-refractivity contribution in [1.82, 2.24) is 10.6 Å². The molecular weight excluding hydrogens is 363 g/mol. The van der Waals surface area contributed by atoms with Gasteiger partial charge in [0.25, 0.3) is 0 Å². The van der Waals surface area contributed by atoms with Crippen LogP contribution in [0.2, 0.25) is 0 Å². The Bertz CT molecular complexity index is 920. The lowest BCUT2D eigenvalue weighted by atomic mass is 9.91. The van der Waals surface area contributed by atoms with Gasteiger partial charge < -0.3 is 10.1 Å². The second-order valence-corrected chi connectivity index (χ2v) is 8.78. The lowest BCUT2D eigenvalue weighted by Gasteiger charge is -2.30. The number of fused-ring (bicyclic) bond motifs is 1. The van der Waals surface area contributed by atoms with E-state index in [0.29, 0.717) is 0 Å². The van der Waals surface area contributed by atoms with Crippen LogP contribution in [0, 0.1) is 5.82 Å². The summed E-state index contributed by atoms with van der Waals surface area (Å²) in [6, 6.07) is 5.83. The van der Waals surface area contributed by atoms with E-state index < -0.39 is 33.1 Å². The largest absolute Gasteiger partial charge is 0.443 e. The number of guanidine groups is 1.